The van der Waals surface area contributed by atoms with Gasteiger partial charge in [-0.25, -0.2) is 9.97 Å². The molecular weight excluding hydrogens is 264 g/mol. The second kappa shape index (κ2) is 6.26. The zero-order chi connectivity index (χ0) is 14.7. The van der Waals surface area contributed by atoms with Gasteiger partial charge in [0, 0.05) is 12.1 Å². The molecule has 3 rings (SSSR count). The minimum absolute atomic E-state index is 0.168. The van der Waals surface area contributed by atoms with E-state index in [0.29, 0.717) is 18.3 Å². The summed E-state index contributed by atoms with van der Waals surface area (Å²) < 4.78 is 5.64. The van der Waals surface area contributed by atoms with Gasteiger partial charge in [0.2, 0.25) is 0 Å². The Labute approximate surface area is 124 Å². The second-order valence-corrected chi connectivity index (χ2v) is 5.50. The number of nitrogens with zero attached hydrogens (tertiary/aromatic N) is 2. The third-order valence-electron chi connectivity index (χ3n) is 3.96. The molecule has 1 aliphatic rings. The number of nitrogens with two attached hydrogens (primary N) is 1. The van der Waals surface area contributed by atoms with E-state index in [-0.39, 0.29) is 12.1 Å². The largest absolute Gasteiger partial charge is 0.475 e. The molecule has 1 heterocycles. The van der Waals surface area contributed by atoms with Crippen molar-refractivity contribution in [1.82, 2.24) is 9.97 Å². The van der Waals surface area contributed by atoms with E-state index in [0.717, 1.165) is 23.9 Å². The molecule has 1 aromatic carbocycles. The maximum atomic E-state index is 6.21. The zero-order valence-electron chi connectivity index (χ0n) is 12.4. The summed E-state index contributed by atoms with van der Waals surface area (Å²) in [5, 5.41) is 3.45. The molecule has 0 unspecified atom stereocenters. The minimum Gasteiger partial charge on any atom is -0.475 e. The minimum atomic E-state index is 0.168. The highest BCUT2D eigenvalue weighted by Crippen LogP contribution is 2.27. The zero-order valence-corrected chi connectivity index (χ0v) is 12.4. The summed E-state index contributed by atoms with van der Waals surface area (Å²) in [6.45, 7) is 2.52. The first-order valence-corrected chi connectivity index (χ1v) is 7.69. The van der Waals surface area contributed by atoms with Gasteiger partial charge in [0.05, 0.1) is 17.6 Å². The van der Waals surface area contributed by atoms with Crippen LogP contribution in [-0.4, -0.2) is 28.7 Å². The predicted molar refractivity (Wildman–Crippen MR) is 84.6 cm³/mol. The predicted octanol–water partition coefficient (Wildman–Crippen LogP) is 2.71. The fourth-order valence-corrected chi connectivity index (χ4v) is 2.83. The monoisotopic (exact) mass is 286 g/mol. The molecule has 0 aliphatic heterocycles. The van der Waals surface area contributed by atoms with Crippen LogP contribution in [-0.2, 0) is 0 Å². The molecule has 2 aromatic rings. The molecule has 0 amide bonds. The lowest BCUT2D eigenvalue weighted by Crippen LogP contribution is -2.42. The molecule has 1 saturated carbocycles. The third kappa shape index (κ3) is 3.08. The van der Waals surface area contributed by atoms with Gasteiger partial charge in [-0.15, -0.1) is 0 Å². The molecule has 2 atom stereocenters. The van der Waals surface area contributed by atoms with Crippen LogP contribution in [0.3, 0.4) is 0 Å². The van der Waals surface area contributed by atoms with Crippen LogP contribution >= 0.6 is 0 Å². The standard InChI is InChI=1S/C16H22N4O/c1-2-21-16-15(18-12-8-4-3-7-11(12)17)19-13-9-5-6-10-14(13)20-16/h5-6,9-12H,2-4,7-8,17H2,1H3,(H,18,19)/t11-,12-/m0/s1. The number of fused-ring (bicyclic) bond motifs is 1. The molecule has 0 spiro atoms. The summed E-state index contributed by atoms with van der Waals surface area (Å²) in [6.07, 6.45) is 4.54. The molecule has 5 nitrogen and oxygen atoms in total. The van der Waals surface area contributed by atoms with Crippen LogP contribution in [0.25, 0.3) is 11.0 Å². The van der Waals surface area contributed by atoms with Crippen molar-refractivity contribution >= 4 is 16.9 Å². The average Bonchev–Trinajstić information content (AvgIpc) is 2.50. The number of anilines is 1. The van der Waals surface area contributed by atoms with Crippen molar-refractivity contribution in [2.75, 3.05) is 11.9 Å². The molecule has 1 fully saturated rings. The Morgan fingerprint density at radius 2 is 1.90 bits per heavy atom. The average molecular weight is 286 g/mol. The first kappa shape index (κ1) is 14.1. The van der Waals surface area contributed by atoms with Crippen LogP contribution in [0.1, 0.15) is 32.6 Å². The molecule has 1 aliphatic carbocycles. The van der Waals surface area contributed by atoms with Gasteiger partial charge in [-0.3, -0.25) is 0 Å². The van der Waals surface area contributed by atoms with Crippen molar-refractivity contribution in [3.05, 3.63) is 24.3 Å². The number of nitrogens with one attached hydrogen (secondary N) is 1. The van der Waals surface area contributed by atoms with Crippen LogP contribution in [0.4, 0.5) is 5.82 Å². The quantitative estimate of drug-likeness (QED) is 0.904. The molecule has 21 heavy (non-hydrogen) atoms. The van der Waals surface area contributed by atoms with Crippen molar-refractivity contribution < 1.29 is 4.74 Å². The van der Waals surface area contributed by atoms with Crippen molar-refractivity contribution in [2.45, 2.75) is 44.7 Å². The van der Waals surface area contributed by atoms with Gasteiger partial charge >= 0.3 is 0 Å². The molecule has 1 aromatic heterocycles. The first-order valence-electron chi connectivity index (χ1n) is 7.69. The Balaban J connectivity index is 1.92. The fraction of sp³-hybridized carbons (Fsp3) is 0.500. The summed E-state index contributed by atoms with van der Waals surface area (Å²) in [5.74, 6) is 1.27. The first-order chi connectivity index (χ1) is 10.3. The topological polar surface area (TPSA) is 73.1 Å². The van der Waals surface area contributed by atoms with Gasteiger partial charge in [-0.05, 0) is 31.9 Å². The maximum absolute atomic E-state index is 6.21. The van der Waals surface area contributed by atoms with Gasteiger partial charge in [0.1, 0.15) is 0 Å². The van der Waals surface area contributed by atoms with Crippen LogP contribution in [0.15, 0.2) is 24.3 Å². The van der Waals surface area contributed by atoms with Crippen molar-refractivity contribution in [3.8, 4) is 5.88 Å². The summed E-state index contributed by atoms with van der Waals surface area (Å²) in [6, 6.07) is 8.24. The normalized spacial score (nSPS) is 22.2. The second-order valence-electron chi connectivity index (χ2n) is 5.50. The van der Waals surface area contributed by atoms with Crippen molar-refractivity contribution in [1.29, 1.82) is 0 Å². The van der Waals surface area contributed by atoms with Gasteiger partial charge < -0.3 is 15.8 Å². The Morgan fingerprint density at radius 1 is 1.19 bits per heavy atom. The van der Waals surface area contributed by atoms with Crippen LogP contribution in [0.2, 0.25) is 0 Å². The number of benzene rings is 1. The third-order valence-corrected chi connectivity index (χ3v) is 3.96. The van der Waals surface area contributed by atoms with E-state index in [2.05, 4.69) is 15.3 Å². The highest BCUT2D eigenvalue weighted by Gasteiger charge is 2.23. The van der Waals surface area contributed by atoms with E-state index in [4.69, 9.17) is 10.5 Å². The Morgan fingerprint density at radius 3 is 2.62 bits per heavy atom. The molecule has 0 bridgehead atoms. The SMILES string of the molecule is CCOc1nc2ccccc2nc1N[C@H]1CCCC[C@@H]1N. The molecule has 0 saturated heterocycles. The summed E-state index contributed by atoms with van der Waals surface area (Å²) in [7, 11) is 0. The molecule has 5 heteroatoms. The molecule has 0 radical (unpaired) electrons. The Bertz CT molecular complexity index is 616. The highest BCUT2D eigenvalue weighted by atomic mass is 16.5. The van der Waals surface area contributed by atoms with E-state index >= 15 is 0 Å². The van der Waals surface area contributed by atoms with E-state index in [1.165, 1.54) is 12.8 Å². The van der Waals surface area contributed by atoms with Crippen LogP contribution in [0, 0.1) is 0 Å². The Hall–Kier alpha value is -1.88. The number of hydrogen-bond acceptors (Lipinski definition) is 5. The molecular formula is C16H22N4O. The summed E-state index contributed by atoms with van der Waals surface area (Å²) >= 11 is 0. The Kier molecular flexibility index (Phi) is 4.20. The maximum Gasteiger partial charge on any atom is 0.258 e. The van der Waals surface area contributed by atoms with Crippen LogP contribution in [0.5, 0.6) is 5.88 Å². The number of para-hydroxylation sites is 2. The summed E-state index contributed by atoms with van der Waals surface area (Å²) in [5.41, 5.74) is 7.93. The lowest BCUT2D eigenvalue weighted by molar-refractivity contribution is 0.326. The number of ether oxygens (including phenoxy) is 1. The summed E-state index contributed by atoms with van der Waals surface area (Å²) in [4.78, 5) is 9.24. The van der Waals surface area contributed by atoms with E-state index < -0.39 is 0 Å². The number of hydrogen-bond donors (Lipinski definition) is 2. The van der Waals surface area contributed by atoms with E-state index in [9.17, 15) is 0 Å². The van der Waals surface area contributed by atoms with E-state index in [1.54, 1.807) is 0 Å². The van der Waals surface area contributed by atoms with Crippen molar-refractivity contribution in [3.63, 3.8) is 0 Å². The van der Waals surface area contributed by atoms with Crippen LogP contribution < -0.4 is 15.8 Å². The van der Waals surface area contributed by atoms with E-state index in [1.807, 2.05) is 31.2 Å². The number of rotatable bonds is 4. The highest BCUT2D eigenvalue weighted by molar-refractivity contribution is 5.77. The van der Waals surface area contributed by atoms with Crippen molar-refractivity contribution in [2.24, 2.45) is 5.73 Å². The lowest BCUT2D eigenvalue weighted by atomic mass is 9.91. The van der Waals surface area contributed by atoms with Gasteiger partial charge in [0.25, 0.3) is 5.88 Å². The van der Waals surface area contributed by atoms with Gasteiger partial charge in [-0.1, -0.05) is 25.0 Å². The molecule has 3 N–H and O–H groups in total. The van der Waals surface area contributed by atoms with Gasteiger partial charge in [0.15, 0.2) is 5.82 Å². The number of aromatic nitrogens is 2. The molecule has 112 valence electrons. The van der Waals surface area contributed by atoms with Gasteiger partial charge in [-0.2, -0.15) is 0 Å². The smallest absolute Gasteiger partial charge is 0.258 e. The fourth-order valence-electron chi connectivity index (χ4n) is 2.83. The lowest BCUT2D eigenvalue weighted by Gasteiger charge is -2.30.